The third kappa shape index (κ3) is 2.42. The highest BCUT2D eigenvalue weighted by molar-refractivity contribution is 5.98. The minimum Gasteiger partial charge on any atom is -0.480 e. The van der Waals surface area contributed by atoms with Gasteiger partial charge in [0.15, 0.2) is 6.10 Å². The first-order valence-electron chi connectivity index (χ1n) is 6.74. The highest BCUT2D eigenvalue weighted by Gasteiger charge is 2.31. The minimum absolute atomic E-state index is 0.0797. The van der Waals surface area contributed by atoms with Gasteiger partial charge in [0.05, 0.1) is 0 Å². The summed E-state index contributed by atoms with van der Waals surface area (Å²) in [7, 11) is 1.71. The molecule has 1 unspecified atom stereocenters. The van der Waals surface area contributed by atoms with Gasteiger partial charge in [0.2, 0.25) is 0 Å². The van der Waals surface area contributed by atoms with E-state index in [1.54, 1.807) is 24.1 Å². The van der Waals surface area contributed by atoms with Gasteiger partial charge in [0, 0.05) is 20.0 Å². The van der Waals surface area contributed by atoms with Gasteiger partial charge in [-0.25, -0.2) is 4.79 Å². The van der Waals surface area contributed by atoms with Crippen LogP contribution in [0, 0.1) is 0 Å². The molecule has 1 atom stereocenters. The summed E-state index contributed by atoms with van der Waals surface area (Å²) in [5, 5.41) is 11.1. The fourth-order valence-electron chi connectivity index (χ4n) is 2.54. The lowest BCUT2D eigenvalue weighted by molar-refractivity contribution is -0.132. The van der Waals surface area contributed by atoms with Crippen LogP contribution in [-0.2, 0) is 4.79 Å². The molecule has 0 radical (unpaired) electrons. The summed E-state index contributed by atoms with van der Waals surface area (Å²) in [5.41, 5.74) is 0.0797. The van der Waals surface area contributed by atoms with Crippen LogP contribution in [-0.4, -0.2) is 41.6 Å². The van der Waals surface area contributed by atoms with Crippen molar-refractivity contribution in [2.45, 2.75) is 12.5 Å². The molecule has 1 amide bonds. The fourth-order valence-corrected chi connectivity index (χ4v) is 2.54. The van der Waals surface area contributed by atoms with E-state index in [4.69, 9.17) is 4.74 Å². The Kier molecular flexibility index (Phi) is 3.25. The normalized spacial score (nSPS) is 18.2. The minimum atomic E-state index is -1.06. The van der Waals surface area contributed by atoms with Crippen molar-refractivity contribution in [2.75, 3.05) is 13.6 Å². The predicted molar refractivity (Wildman–Crippen MR) is 77.6 cm³/mol. The highest BCUT2D eigenvalue weighted by Crippen LogP contribution is 2.28. The Balaban J connectivity index is 2.02. The molecule has 108 valence electrons. The predicted octanol–water partition coefficient (Wildman–Crippen LogP) is 2.15. The number of benzene rings is 2. The highest BCUT2D eigenvalue weighted by atomic mass is 16.5. The van der Waals surface area contributed by atoms with Crippen LogP contribution in [0.5, 0.6) is 5.75 Å². The molecule has 0 saturated carbocycles. The van der Waals surface area contributed by atoms with Crippen LogP contribution < -0.4 is 4.74 Å². The van der Waals surface area contributed by atoms with Crippen molar-refractivity contribution in [3.8, 4) is 5.75 Å². The monoisotopic (exact) mass is 285 g/mol. The Morgan fingerprint density at radius 1 is 1.29 bits per heavy atom. The molecular weight excluding hydrogens is 270 g/mol. The van der Waals surface area contributed by atoms with Gasteiger partial charge in [-0.15, -0.1) is 0 Å². The van der Waals surface area contributed by atoms with Crippen LogP contribution in [0.25, 0.3) is 10.8 Å². The number of fused-ring (bicyclic) bond motifs is 1. The van der Waals surface area contributed by atoms with Crippen molar-refractivity contribution in [2.24, 2.45) is 0 Å². The summed E-state index contributed by atoms with van der Waals surface area (Å²) < 4.78 is 5.69. The van der Waals surface area contributed by atoms with E-state index in [1.165, 1.54) is 0 Å². The number of amides is 1. The number of likely N-dealkylation sites (tertiary alicyclic amines) is 1. The molecule has 1 aliphatic rings. The molecule has 1 heterocycles. The smallest absolute Gasteiger partial charge is 0.339 e. The number of rotatable bonds is 3. The zero-order valence-corrected chi connectivity index (χ0v) is 11.6. The number of carbonyl (C=O) groups is 2. The van der Waals surface area contributed by atoms with E-state index in [0.717, 1.165) is 10.8 Å². The molecule has 1 fully saturated rings. The van der Waals surface area contributed by atoms with Crippen molar-refractivity contribution >= 4 is 22.6 Å². The van der Waals surface area contributed by atoms with Gasteiger partial charge in [-0.1, -0.05) is 24.3 Å². The molecule has 0 aliphatic carbocycles. The molecule has 1 aliphatic heterocycles. The second-order valence-corrected chi connectivity index (χ2v) is 5.16. The van der Waals surface area contributed by atoms with Crippen molar-refractivity contribution < 1.29 is 19.4 Å². The molecule has 3 rings (SSSR count). The Hall–Kier alpha value is -2.56. The average Bonchev–Trinajstić information content (AvgIpc) is 2.78. The first-order valence-corrected chi connectivity index (χ1v) is 6.74. The summed E-state index contributed by atoms with van der Waals surface area (Å²) >= 11 is 0. The Labute approximate surface area is 121 Å². The largest absolute Gasteiger partial charge is 0.480 e. The number of hydrogen-bond donors (Lipinski definition) is 1. The summed E-state index contributed by atoms with van der Waals surface area (Å²) in [6.45, 7) is 0.624. The zero-order chi connectivity index (χ0) is 15.0. The van der Waals surface area contributed by atoms with Gasteiger partial charge < -0.3 is 14.7 Å². The quantitative estimate of drug-likeness (QED) is 0.938. The van der Waals surface area contributed by atoms with E-state index in [0.29, 0.717) is 13.0 Å². The van der Waals surface area contributed by atoms with Crippen LogP contribution in [0.2, 0.25) is 0 Å². The average molecular weight is 285 g/mol. The zero-order valence-electron chi connectivity index (χ0n) is 11.6. The molecule has 0 aromatic heterocycles. The second-order valence-electron chi connectivity index (χ2n) is 5.16. The lowest BCUT2D eigenvalue weighted by Crippen LogP contribution is -2.29. The standard InChI is InChI=1S/C16H15NO4/c1-17-7-6-13(15(17)18)21-14-9-11-5-3-2-4-10(11)8-12(14)16(19)20/h2-5,8-9,13H,6-7H2,1H3,(H,19,20). The van der Waals surface area contributed by atoms with Crippen molar-refractivity contribution in [1.82, 2.24) is 4.90 Å². The number of aromatic carboxylic acids is 1. The molecule has 1 saturated heterocycles. The van der Waals surface area contributed by atoms with Crippen LogP contribution in [0.4, 0.5) is 0 Å². The maximum absolute atomic E-state index is 11.9. The van der Waals surface area contributed by atoms with E-state index in [-0.39, 0.29) is 17.2 Å². The summed E-state index contributed by atoms with van der Waals surface area (Å²) in [5.74, 6) is -0.927. The number of ether oxygens (including phenoxy) is 1. The number of nitrogens with zero attached hydrogens (tertiary/aromatic N) is 1. The summed E-state index contributed by atoms with van der Waals surface area (Å²) in [6.07, 6.45) is -0.0319. The van der Waals surface area contributed by atoms with E-state index in [9.17, 15) is 14.7 Å². The second kappa shape index (κ2) is 5.09. The van der Waals surface area contributed by atoms with Crippen molar-refractivity contribution in [1.29, 1.82) is 0 Å². The van der Waals surface area contributed by atoms with E-state index in [2.05, 4.69) is 0 Å². The number of likely N-dealkylation sites (N-methyl/N-ethyl adjacent to an activating group) is 1. The maximum atomic E-state index is 11.9. The third-order valence-corrected chi connectivity index (χ3v) is 3.73. The molecule has 21 heavy (non-hydrogen) atoms. The van der Waals surface area contributed by atoms with Crippen LogP contribution in [0.3, 0.4) is 0 Å². The summed E-state index contributed by atoms with van der Waals surface area (Å²) in [4.78, 5) is 24.9. The lowest BCUT2D eigenvalue weighted by atomic mass is 10.1. The fraction of sp³-hybridized carbons (Fsp3) is 0.250. The van der Waals surface area contributed by atoms with E-state index >= 15 is 0 Å². The van der Waals surface area contributed by atoms with Crippen LogP contribution >= 0.6 is 0 Å². The van der Waals surface area contributed by atoms with Gasteiger partial charge in [-0.2, -0.15) is 0 Å². The molecule has 2 aromatic rings. The Morgan fingerprint density at radius 3 is 2.52 bits per heavy atom. The van der Waals surface area contributed by atoms with Gasteiger partial charge >= 0.3 is 5.97 Å². The van der Waals surface area contributed by atoms with Gasteiger partial charge in [-0.3, -0.25) is 4.79 Å². The van der Waals surface area contributed by atoms with Gasteiger partial charge in [0.25, 0.3) is 5.91 Å². The Morgan fingerprint density at radius 2 is 1.95 bits per heavy atom. The Bertz CT molecular complexity index is 725. The van der Waals surface area contributed by atoms with E-state index in [1.807, 2.05) is 24.3 Å². The number of carboxylic acid groups (broad SMARTS) is 1. The molecule has 5 nitrogen and oxygen atoms in total. The first kappa shape index (κ1) is 13.4. The number of hydrogen-bond acceptors (Lipinski definition) is 3. The number of carboxylic acids is 1. The molecule has 5 heteroatoms. The van der Waals surface area contributed by atoms with Crippen molar-refractivity contribution in [3.05, 3.63) is 42.0 Å². The van der Waals surface area contributed by atoms with Gasteiger partial charge in [0.1, 0.15) is 11.3 Å². The molecule has 0 bridgehead atoms. The van der Waals surface area contributed by atoms with Crippen molar-refractivity contribution in [3.63, 3.8) is 0 Å². The molecule has 2 aromatic carbocycles. The topological polar surface area (TPSA) is 66.8 Å². The first-order chi connectivity index (χ1) is 10.1. The van der Waals surface area contributed by atoms with Crippen LogP contribution in [0.1, 0.15) is 16.8 Å². The third-order valence-electron chi connectivity index (χ3n) is 3.73. The molecular formula is C16H15NO4. The molecule has 0 spiro atoms. The van der Waals surface area contributed by atoms with Gasteiger partial charge in [-0.05, 0) is 22.9 Å². The summed E-state index contributed by atoms with van der Waals surface area (Å²) in [6, 6.07) is 10.7. The maximum Gasteiger partial charge on any atom is 0.339 e. The SMILES string of the molecule is CN1CCC(Oc2cc3ccccc3cc2C(=O)O)C1=O. The van der Waals surface area contributed by atoms with E-state index < -0.39 is 12.1 Å². The van der Waals surface area contributed by atoms with Crippen LogP contribution in [0.15, 0.2) is 36.4 Å². The molecule has 1 N–H and O–H groups in total. The number of carbonyl (C=O) groups excluding carboxylic acids is 1. The lowest BCUT2D eigenvalue weighted by Gasteiger charge is -2.15.